The van der Waals surface area contributed by atoms with Crippen LogP contribution in [0, 0.1) is 11.3 Å². The van der Waals surface area contributed by atoms with Crippen molar-refractivity contribution in [2.75, 3.05) is 19.7 Å². The highest BCUT2D eigenvalue weighted by Gasteiger charge is 2.50. The van der Waals surface area contributed by atoms with E-state index in [-0.39, 0.29) is 23.2 Å². The van der Waals surface area contributed by atoms with Crippen LogP contribution in [-0.4, -0.2) is 40.5 Å². The van der Waals surface area contributed by atoms with Crippen molar-refractivity contribution in [1.82, 2.24) is 14.9 Å². The summed E-state index contributed by atoms with van der Waals surface area (Å²) in [4.78, 5) is 23.4. The smallest absolute Gasteiger partial charge is 0.228 e. The molecular weight excluding hydrogens is 314 g/mol. The molecule has 5 heteroatoms. The normalized spacial score (nSPS) is 24.1. The number of likely N-dealkylation sites (tertiary alicyclic amines) is 1. The number of hydrogen-bond acceptors (Lipinski definition) is 4. The van der Waals surface area contributed by atoms with Crippen molar-refractivity contribution >= 4 is 5.91 Å². The number of nitrogens with zero attached hydrogens (tertiary/aromatic N) is 3. The molecule has 0 bridgehead atoms. The van der Waals surface area contributed by atoms with E-state index in [1.54, 1.807) is 12.4 Å². The number of pyridine rings is 2. The van der Waals surface area contributed by atoms with Gasteiger partial charge in [0.2, 0.25) is 5.91 Å². The first-order valence-corrected chi connectivity index (χ1v) is 8.89. The van der Waals surface area contributed by atoms with E-state index in [2.05, 4.69) is 23.0 Å². The predicted octanol–water partition coefficient (Wildman–Crippen LogP) is 2.90. The molecule has 0 unspecified atom stereocenters. The Labute approximate surface area is 148 Å². The zero-order valence-electron chi connectivity index (χ0n) is 14.5. The number of ether oxygens (including phenoxy) is 1. The molecule has 2 aromatic heterocycles. The molecule has 5 nitrogen and oxygen atoms in total. The Kier molecular flexibility index (Phi) is 4.15. The van der Waals surface area contributed by atoms with Crippen molar-refractivity contribution in [1.29, 1.82) is 0 Å². The lowest BCUT2D eigenvalue weighted by Gasteiger charge is -2.20. The second-order valence-electron chi connectivity index (χ2n) is 7.39. The van der Waals surface area contributed by atoms with Gasteiger partial charge in [0, 0.05) is 48.4 Å². The molecule has 1 saturated carbocycles. The average Bonchev–Trinajstić information content (AvgIpc) is 3.27. The van der Waals surface area contributed by atoms with Gasteiger partial charge in [-0.3, -0.25) is 14.8 Å². The summed E-state index contributed by atoms with van der Waals surface area (Å²) in [7, 11) is 0. The van der Waals surface area contributed by atoms with Crippen molar-refractivity contribution in [2.24, 2.45) is 11.3 Å². The molecule has 2 aliphatic rings. The van der Waals surface area contributed by atoms with Crippen molar-refractivity contribution in [2.45, 2.75) is 25.7 Å². The average molecular weight is 337 g/mol. The second kappa shape index (κ2) is 6.47. The first-order chi connectivity index (χ1) is 12.2. The molecule has 0 aromatic carbocycles. The van der Waals surface area contributed by atoms with Crippen LogP contribution in [0.4, 0.5) is 0 Å². The first-order valence-electron chi connectivity index (χ1n) is 8.89. The molecule has 1 aliphatic heterocycles. The summed E-state index contributed by atoms with van der Waals surface area (Å²) in [6.45, 7) is 4.10. The summed E-state index contributed by atoms with van der Waals surface area (Å²) < 4.78 is 5.94. The minimum atomic E-state index is -0.131. The van der Waals surface area contributed by atoms with Gasteiger partial charge in [0.25, 0.3) is 0 Å². The lowest BCUT2D eigenvalue weighted by atomic mass is 9.93. The summed E-state index contributed by atoms with van der Waals surface area (Å²) in [5, 5.41) is 0. The predicted molar refractivity (Wildman–Crippen MR) is 94.1 cm³/mol. The SMILES string of the molecule is CC1(C(=O)N2C[C@@H](COc3cccnc3)[C@H](c3ccccn3)C2)CC1. The highest BCUT2D eigenvalue weighted by atomic mass is 16.5. The van der Waals surface area contributed by atoms with Gasteiger partial charge in [-0.1, -0.05) is 13.0 Å². The molecule has 4 rings (SSSR count). The van der Waals surface area contributed by atoms with Gasteiger partial charge >= 0.3 is 0 Å². The van der Waals surface area contributed by atoms with E-state index in [1.807, 2.05) is 35.4 Å². The Hall–Kier alpha value is -2.43. The highest BCUT2D eigenvalue weighted by Crippen LogP contribution is 2.48. The molecule has 2 fully saturated rings. The van der Waals surface area contributed by atoms with Crippen LogP contribution in [0.3, 0.4) is 0 Å². The van der Waals surface area contributed by atoms with Crippen molar-refractivity contribution in [3.05, 3.63) is 54.6 Å². The van der Waals surface area contributed by atoms with Crippen molar-refractivity contribution in [3.63, 3.8) is 0 Å². The fourth-order valence-corrected chi connectivity index (χ4v) is 3.56. The number of amides is 1. The van der Waals surface area contributed by atoms with Crippen LogP contribution >= 0.6 is 0 Å². The van der Waals surface area contributed by atoms with Crippen molar-refractivity contribution in [3.8, 4) is 5.75 Å². The van der Waals surface area contributed by atoms with E-state index >= 15 is 0 Å². The van der Waals surface area contributed by atoms with Crippen LogP contribution in [-0.2, 0) is 4.79 Å². The largest absolute Gasteiger partial charge is 0.492 e. The second-order valence-corrected chi connectivity index (χ2v) is 7.39. The molecule has 0 spiro atoms. The summed E-state index contributed by atoms with van der Waals surface area (Å²) >= 11 is 0. The summed E-state index contributed by atoms with van der Waals surface area (Å²) in [6, 6.07) is 9.76. The highest BCUT2D eigenvalue weighted by molar-refractivity contribution is 5.85. The van der Waals surface area contributed by atoms with Gasteiger partial charge in [-0.15, -0.1) is 0 Å². The van der Waals surface area contributed by atoms with Gasteiger partial charge in [0.05, 0.1) is 12.8 Å². The van der Waals surface area contributed by atoms with E-state index in [4.69, 9.17) is 4.74 Å². The molecule has 25 heavy (non-hydrogen) atoms. The third kappa shape index (κ3) is 3.36. The molecule has 1 saturated heterocycles. The number of carbonyl (C=O) groups excluding carboxylic acids is 1. The van der Waals surface area contributed by atoms with Crippen LogP contribution in [0.5, 0.6) is 5.75 Å². The van der Waals surface area contributed by atoms with Gasteiger partial charge in [-0.25, -0.2) is 0 Å². The molecule has 1 amide bonds. The fraction of sp³-hybridized carbons (Fsp3) is 0.450. The van der Waals surface area contributed by atoms with Gasteiger partial charge in [-0.05, 0) is 37.1 Å². The number of aromatic nitrogens is 2. The van der Waals surface area contributed by atoms with Crippen LogP contribution in [0.1, 0.15) is 31.4 Å². The maximum atomic E-state index is 12.8. The summed E-state index contributed by atoms with van der Waals surface area (Å²) in [5.74, 6) is 1.50. The molecular formula is C20H23N3O2. The minimum absolute atomic E-state index is 0.131. The van der Waals surface area contributed by atoms with Gasteiger partial charge in [0.15, 0.2) is 0 Å². The van der Waals surface area contributed by atoms with E-state index in [0.29, 0.717) is 6.61 Å². The Bertz CT molecular complexity index is 731. The third-order valence-corrected chi connectivity index (χ3v) is 5.41. The van der Waals surface area contributed by atoms with Crippen LogP contribution in [0.2, 0.25) is 0 Å². The van der Waals surface area contributed by atoms with E-state index < -0.39 is 0 Å². The number of hydrogen-bond donors (Lipinski definition) is 0. The van der Waals surface area contributed by atoms with E-state index in [9.17, 15) is 4.79 Å². The summed E-state index contributed by atoms with van der Waals surface area (Å²) in [5.41, 5.74) is 0.909. The monoisotopic (exact) mass is 337 g/mol. The molecule has 2 aromatic rings. The Morgan fingerprint density at radius 2 is 2.12 bits per heavy atom. The Morgan fingerprint density at radius 1 is 1.24 bits per heavy atom. The fourth-order valence-electron chi connectivity index (χ4n) is 3.56. The molecule has 130 valence electrons. The van der Waals surface area contributed by atoms with E-state index in [1.165, 1.54) is 0 Å². The zero-order chi connectivity index (χ0) is 17.3. The minimum Gasteiger partial charge on any atom is -0.492 e. The van der Waals surface area contributed by atoms with Gasteiger partial charge in [0.1, 0.15) is 5.75 Å². The Balaban J connectivity index is 1.50. The molecule has 3 heterocycles. The molecule has 0 N–H and O–H groups in total. The van der Waals surface area contributed by atoms with Crippen LogP contribution in [0.15, 0.2) is 48.9 Å². The standard InChI is InChI=1S/C20H23N3O2/c1-20(7-8-20)19(24)23-12-15(14-25-16-5-4-9-21-11-16)17(13-23)18-6-2-3-10-22-18/h2-6,9-11,15,17H,7-8,12-14H2,1H3/t15-,17+/m0/s1. The molecule has 1 aliphatic carbocycles. The summed E-state index contributed by atoms with van der Waals surface area (Å²) in [6.07, 6.45) is 7.29. The van der Waals surface area contributed by atoms with Gasteiger partial charge in [-0.2, -0.15) is 0 Å². The quantitative estimate of drug-likeness (QED) is 0.842. The lowest BCUT2D eigenvalue weighted by Crippen LogP contribution is -2.34. The zero-order valence-corrected chi connectivity index (χ0v) is 14.5. The van der Waals surface area contributed by atoms with E-state index in [0.717, 1.165) is 37.4 Å². The lowest BCUT2D eigenvalue weighted by molar-refractivity contribution is -0.135. The number of carbonyl (C=O) groups is 1. The van der Waals surface area contributed by atoms with Crippen molar-refractivity contribution < 1.29 is 9.53 Å². The third-order valence-electron chi connectivity index (χ3n) is 5.41. The maximum Gasteiger partial charge on any atom is 0.228 e. The van der Waals surface area contributed by atoms with Crippen LogP contribution < -0.4 is 4.74 Å². The van der Waals surface area contributed by atoms with Gasteiger partial charge < -0.3 is 9.64 Å². The number of rotatable bonds is 5. The van der Waals surface area contributed by atoms with Crippen LogP contribution in [0.25, 0.3) is 0 Å². The topological polar surface area (TPSA) is 55.3 Å². The maximum absolute atomic E-state index is 12.8. The molecule has 0 radical (unpaired) electrons. The molecule has 2 atom stereocenters. The Morgan fingerprint density at radius 3 is 2.80 bits per heavy atom. The first kappa shape index (κ1) is 16.1.